The van der Waals surface area contributed by atoms with E-state index in [2.05, 4.69) is 9.97 Å². The number of thiazole rings is 2. The molecule has 164 valence electrons. The van der Waals surface area contributed by atoms with Gasteiger partial charge in [-0.05, 0) is 6.92 Å². The van der Waals surface area contributed by atoms with Gasteiger partial charge in [0, 0.05) is 22.3 Å². The third-order valence-corrected chi connectivity index (χ3v) is 7.45. The molecule has 2 aromatic carbocycles. The highest BCUT2D eigenvalue weighted by Gasteiger charge is 2.39. The van der Waals surface area contributed by atoms with Gasteiger partial charge < -0.3 is 0 Å². The van der Waals surface area contributed by atoms with Gasteiger partial charge in [0.05, 0.1) is 9.75 Å². The van der Waals surface area contributed by atoms with Gasteiger partial charge in [-0.3, -0.25) is 14.4 Å². The number of ketones is 3. The number of benzene rings is 2. The van der Waals surface area contributed by atoms with E-state index in [1.807, 2.05) is 0 Å². The number of alkyl halides is 3. The van der Waals surface area contributed by atoms with E-state index in [1.54, 1.807) is 24.3 Å². The Labute approximate surface area is 192 Å². The lowest BCUT2D eigenvalue weighted by Gasteiger charge is -2.05. The predicted octanol–water partition coefficient (Wildman–Crippen LogP) is 6.09. The third kappa shape index (κ3) is 3.61. The standard InChI is InChI=1S/C23H11F3N2O3S2/c1-10(29)11-2-6-13(7-3-11)21-27-15-17(30)16-19(18(15)32-21)33-22(28-16)14-8-4-12(5-9-14)20(31)23(24,25)26/h2-9H,1H3. The van der Waals surface area contributed by atoms with Crippen LogP contribution in [0, 0.1) is 0 Å². The van der Waals surface area contributed by atoms with Gasteiger partial charge >= 0.3 is 6.18 Å². The molecule has 2 aromatic heterocycles. The Hall–Kier alpha value is -3.50. The van der Waals surface area contributed by atoms with E-state index in [1.165, 1.54) is 41.7 Å². The first-order valence-corrected chi connectivity index (χ1v) is 11.2. The number of rotatable bonds is 4. The summed E-state index contributed by atoms with van der Waals surface area (Å²) in [6.07, 6.45) is -4.94. The van der Waals surface area contributed by atoms with Crippen molar-refractivity contribution in [3.8, 4) is 30.9 Å². The second-order valence-corrected chi connectivity index (χ2v) is 9.26. The van der Waals surface area contributed by atoms with Crippen LogP contribution in [0.5, 0.6) is 0 Å². The Morgan fingerprint density at radius 1 is 0.758 bits per heavy atom. The number of Topliss-reactive ketones (excluding diaryl/α,β-unsaturated/α-hetero) is 2. The molecule has 1 aliphatic carbocycles. The van der Waals surface area contributed by atoms with Gasteiger partial charge in [0.15, 0.2) is 5.78 Å². The van der Waals surface area contributed by atoms with E-state index < -0.39 is 17.5 Å². The fourth-order valence-electron chi connectivity index (χ4n) is 3.39. The molecule has 0 aliphatic heterocycles. The van der Waals surface area contributed by atoms with Crippen molar-refractivity contribution in [2.24, 2.45) is 0 Å². The molecule has 0 saturated carbocycles. The number of aromatic nitrogens is 2. The smallest absolute Gasteiger partial charge is 0.295 e. The summed E-state index contributed by atoms with van der Waals surface area (Å²) in [6, 6.07) is 11.9. The van der Waals surface area contributed by atoms with Crippen LogP contribution in [0.15, 0.2) is 48.5 Å². The third-order valence-electron chi connectivity index (χ3n) is 5.08. The van der Waals surface area contributed by atoms with E-state index in [4.69, 9.17) is 0 Å². The van der Waals surface area contributed by atoms with E-state index >= 15 is 0 Å². The lowest BCUT2D eigenvalue weighted by Crippen LogP contribution is -2.22. The van der Waals surface area contributed by atoms with E-state index in [-0.39, 0.29) is 17.3 Å². The monoisotopic (exact) mass is 484 g/mol. The average molecular weight is 484 g/mol. The Morgan fingerprint density at radius 3 is 1.58 bits per heavy atom. The molecule has 33 heavy (non-hydrogen) atoms. The molecular formula is C23H11F3N2O3S2. The number of hydrogen-bond acceptors (Lipinski definition) is 7. The summed E-state index contributed by atoms with van der Waals surface area (Å²) in [5, 5.41) is 1.10. The van der Waals surface area contributed by atoms with Gasteiger partial charge in [-0.25, -0.2) is 9.97 Å². The van der Waals surface area contributed by atoms with Crippen molar-refractivity contribution in [1.82, 2.24) is 9.97 Å². The minimum Gasteiger partial charge on any atom is -0.295 e. The van der Waals surface area contributed by atoms with Gasteiger partial charge in [-0.2, -0.15) is 13.2 Å². The molecule has 0 radical (unpaired) electrons. The van der Waals surface area contributed by atoms with Gasteiger partial charge in [0.2, 0.25) is 5.78 Å². The summed E-state index contributed by atoms with van der Waals surface area (Å²) < 4.78 is 37.8. The zero-order valence-electron chi connectivity index (χ0n) is 16.7. The Balaban J connectivity index is 1.47. The van der Waals surface area contributed by atoms with E-state index in [9.17, 15) is 27.6 Å². The fourth-order valence-corrected chi connectivity index (χ4v) is 5.66. The van der Waals surface area contributed by atoms with Crippen LogP contribution in [0.1, 0.15) is 43.8 Å². The molecule has 0 unspecified atom stereocenters. The summed E-state index contributed by atoms with van der Waals surface area (Å²) in [4.78, 5) is 45.9. The molecule has 0 saturated heterocycles. The van der Waals surface area contributed by atoms with E-state index in [0.29, 0.717) is 36.6 Å². The largest absolute Gasteiger partial charge is 0.454 e. The molecule has 0 N–H and O–H groups in total. The minimum absolute atomic E-state index is 0.0454. The molecule has 1 aliphatic rings. The van der Waals surface area contributed by atoms with Crippen LogP contribution in [0.3, 0.4) is 0 Å². The summed E-state index contributed by atoms with van der Waals surface area (Å²) in [5.41, 5.74) is 1.98. The van der Waals surface area contributed by atoms with Gasteiger partial charge in [0.1, 0.15) is 21.4 Å². The number of hydrogen-bond donors (Lipinski definition) is 0. The molecule has 0 bridgehead atoms. The zero-order valence-corrected chi connectivity index (χ0v) is 18.3. The molecule has 0 fully saturated rings. The van der Waals surface area contributed by atoms with Crippen LogP contribution in [-0.4, -0.2) is 33.5 Å². The van der Waals surface area contributed by atoms with Gasteiger partial charge in [0.25, 0.3) is 5.78 Å². The number of fused-ring (bicyclic) bond motifs is 3. The second kappa shape index (κ2) is 7.53. The molecule has 0 spiro atoms. The highest BCUT2D eigenvalue weighted by atomic mass is 32.1. The van der Waals surface area contributed by atoms with E-state index in [0.717, 1.165) is 17.7 Å². The van der Waals surface area contributed by atoms with Crippen LogP contribution < -0.4 is 0 Å². The normalized spacial score (nSPS) is 12.5. The summed E-state index contributed by atoms with van der Waals surface area (Å²) in [6.45, 7) is 1.48. The van der Waals surface area contributed by atoms with Gasteiger partial charge in [-0.15, -0.1) is 22.7 Å². The van der Waals surface area contributed by atoms with Crippen molar-refractivity contribution < 1.29 is 27.6 Å². The lowest BCUT2D eigenvalue weighted by molar-refractivity contribution is -0.0885. The molecule has 0 amide bonds. The predicted molar refractivity (Wildman–Crippen MR) is 118 cm³/mol. The van der Waals surface area contributed by atoms with Crippen LogP contribution in [0.25, 0.3) is 30.9 Å². The minimum atomic E-state index is -4.94. The quantitative estimate of drug-likeness (QED) is 0.289. The number of halogens is 3. The Morgan fingerprint density at radius 2 is 1.18 bits per heavy atom. The van der Waals surface area contributed by atoms with Crippen molar-refractivity contribution in [2.45, 2.75) is 13.1 Å². The SMILES string of the molecule is CC(=O)c1ccc(-c2nc3c(s2)-c2sc(-c4ccc(C(=O)C(F)(F)F)cc4)nc2C3=O)cc1. The van der Waals surface area contributed by atoms with Crippen LogP contribution >= 0.6 is 22.7 Å². The first-order chi connectivity index (χ1) is 15.6. The fraction of sp³-hybridized carbons (Fsp3) is 0.0870. The molecule has 5 rings (SSSR count). The van der Waals surface area contributed by atoms with Crippen LogP contribution in [0.4, 0.5) is 13.2 Å². The highest BCUT2D eigenvalue weighted by molar-refractivity contribution is 7.25. The second-order valence-electron chi connectivity index (χ2n) is 7.26. The Bertz CT molecular complexity index is 1450. The average Bonchev–Trinajstić information content (AvgIpc) is 3.47. The molecule has 0 atom stereocenters. The summed E-state index contributed by atoms with van der Waals surface area (Å²) in [5.74, 6) is -2.27. The van der Waals surface area contributed by atoms with Crippen molar-refractivity contribution in [3.63, 3.8) is 0 Å². The lowest BCUT2D eigenvalue weighted by atomic mass is 10.1. The van der Waals surface area contributed by atoms with Crippen molar-refractivity contribution in [3.05, 3.63) is 71.0 Å². The van der Waals surface area contributed by atoms with Crippen molar-refractivity contribution in [1.29, 1.82) is 0 Å². The maximum atomic E-state index is 12.8. The maximum Gasteiger partial charge on any atom is 0.454 e. The summed E-state index contributed by atoms with van der Waals surface area (Å²) >= 11 is 2.58. The number of carbonyl (C=O) groups is 3. The number of nitrogens with zero attached hydrogens (tertiary/aromatic N) is 2. The first-order valence-electron chi connectivity index (χ1n) is 9.53. The zero-order chi connectivity index (χ0) is 23.5. The number of carbonyl (C=O) groups excluding carboxylic acids is 3. The van der Waals surface area contributed by atoms with Crippen molar-refractivity contribution >= 4 is 40.0 Å². The van der Waals surface area contributed by atoms with Crippen molar-refractivity contribution in [2.75, 3.05) is 0 Å². The van der Waals surface area contributed by atoms with Crippen LogP contribution in [0.2, 0.25) is 0 Å². The molecular weight excluding hydrogens is 473 g/mol. The first kappa shape index (κ1) is 21.4. The molecule has 10 heteroatoms. The topological polar surface area (TPSA) is 77.0 Å². The highest BCUT2D eigenvalue weighted by Crippen LogP contribution is 2.47. The maximum absolute atomic E-state index is 12.8. The summed E-state index contributed by atoms with van der Waals surface area (Å²) in [7, 11) is 0. The van der Waals surface area contributed by atoms with Crippen LogP contribution in [-0.2, 0) is 0 Å². The Kier molecular flexibility index (Phi) is 4.87. The molecule has 5 nitrogen and oxygen atoms in total. The molecule has 4 aromatic rings. The molecule has 2 heterocycles. The van der Waals surface area contributed by atoms with Gasteiger partial charge in [-0.1, -0.05) is 48.5 Å².